The maximum absolute atomic E-state index is 8.09. The monoisotopic (exact) mass is 696 g/mol. The Morgan fingerprint density at radius 2 is 1.28 bits per heavy atom. The third kappa shape index (κ3) is 7.16. The van der Waals surface area contributed by atoms with E-state index in [0.29, 0.717) is 6.61 Å². The summed E-state index contributed by atoms with van der Waals surface area (Å²) in [6.07, 6.45) is 13.7. The summed E-state index contributed by atoms with van der Waals surface area (Å²) in [6, 6.07) is 26.6. The quantitative estimate of drug-likeness (QED) is 0.0980. The van der Waals surface area contributed by atoms with Gasteiger partial charge in [0.2, 0.25) is 5.69 Å². The first-order valence-corrected chi connectivity index (χ1v) is 18.0. The first kappa shape index (κ1) is 38.1. The predicted molar refractivity (Wildman–Crippen MR) is 217 cm³/mol. The van der Waals surface area contributed by atoms with Gasteiger partial charge in [-0.25, -0.2) is 21.0 Å². The molecule has 0 fully saturated rings. The van der Waals surface area contributed by atoms with Crippen LogP contribution >= 0.6 is 0 Å². The lowest BCUT2D eigenvalue weighted by molar-refractivity contribution is -0.437. The van der Waals surface area contributed by atoms with Gasteiger partial charge in [0.25, 0.3) is 0 Å². The number of nitriles is 4. The van der Waals surface area contributed by atoms with E-state index in [1.54, 1.807) is 7.11 Å². The fraction of sp³-hybridized carbons (Fsp3) is 0.267. The van der Waals surface area contributed by atoms with Crippen molar-refractivity contribution < 1.29 is 9.31 Å². The minimum Gasteiger partial charge on any atom is -0.383 e. The number of anilines is 1. The molecule has 2 aliphatic heterocycles. The summed E-state index contributed by atoms with van der Waals surface area (Å²) < 4.78 is 8.02. The van der Waals surface area contributed by atoms with Crippen molar-refractivity contribution in [1.29, 1.82) is 21.0 Å². The normalized spacial score (nSPS) is 16.4. The number of hydrogen-bond acceptors (Lipinski definition) is 6. The van der Waals surface area contributed by atoms with E-state index in [4.69, 9.17) is 25.8 Å². The van der Waals surface area contributed by atoms with Crippen LogP contribution in [0.2, 0.25) is 0 Å². The summed E-state index contributed by atoms with van der Waals surface area (Å²) >= 11 is 0. The minimum atomic E-state index is -2.72. The molecule has 0 N–H and O–H groups in total. The lowest BCUT2D eigenvalue weighted by Crippen LogP contribution is -2.28. The second-order valence-corrected chi connectivity index (χ2v) is 14.4. The van der Waals surface area contributed by atoms with Crippen LogP contribution in [0.5, 0.6) is 0 Å². The van der Waals surface area contributed by atoms with Crippen molar-refractivity contribution in [3.8, 4) is 23.9 Å². The topological polar surface area (TPSA) is 111 Å². The van der Waals surface area contributed by atoms with Gasteiger partial charge in [-0.05, 0) is 59.2 Å². The third-order valence-electron chi connectivity index (χ3n) is 10.2. The van der Waals surface area contributed by atoms with E-state index in [0.717, 1.165) is 19.5 Å². The number of benzene rings is 4. The molecule has 8 heteroatoms. The average molecular weight is 697 g/mol. The molecular weight excluding hydrogens is 651 g/mol. The lowest BCUT2D eigenvalue weighted by Gasteiger charge is -2.26. The highest BCUT2D eigenvalue weighted by atomic mass is 16.5. The molecule has 0 saturated heterocycles. The number of allylic oxidation sites excluding steroid dienone is 8. The number of methoxy groups -OCH3 is 1. The molecule has 0 atom stereocenters. The van der Waals surface area contributed by atoms with Crippen LogP contribution in [-0.4, -0.2) is 43.2 Å². The van der Waals surface area contributed by atoms with Gasteiger partial charge >= 0.3 is 6.15 Å². The fourth-order valence-corrected chi connectivity index (χ4v) is 7.62. The van der Waals surface area contributed by atoms with E-state index in [1.165, 1.54) is 79.3 Å². The molecular formula is C45H45BN6O. The van der Waals surface area contributed by atoms with Gasteiger partial charge in [0.15, 0.2) is 5.71 Å². The molecule has 2 aliphatic rings. The van der Waals surface area contributed by atoms with Gasteiger partial charge in [-0.3, -0.25) is 0 Å². The van der Waals surface area contributed by atoms with Crippen LogP contribution in [0.1, 0.15) is 52.2 Å². The van der Waals surface area contributed by atoms with Gasteiger partial charge in [0, 0.05) is 54.6 Å². The summed E-state index contributed by atoms with van der Waals surface area (Å²) in [6.45, 7) is 14.2. The van der Waals surface area contributed by atoms with Crippen LogP contribution in [0.4, 0.5) is 11.4 Å². The fourth-order valence-electron chi connectivity index (χ4n) is 7.62. The zero-order valence-corrected chi connectivity index (χ0v) is 31.5. The van der Waals surface area contributed by atoms with Crippen LogP contribution in [-0.2, 0) is 15.6 Å². The molecule has 0 aromatic heterocycles. The Hall–Kier alpha value is -6.19. The third-order valence-corrected chi connectivity index (χ3v) is 10.2. The molecule has 0 radical (unpaired) electrons. The molecule has 6 rings (SSSR count). The van der Waals surface area contributed by atoms with Crippen molar-refractivity contribution in [3.63, 3.8) is 0 Å². The van der Waals surface area contributed by atoms with Gasteiger partial charge in [-0.2, -0.15) is 4.58 Å². The van der Waals surface area contributed by atoms with Crippen LogP contribution in [0.25, 0.3) is 21.5 Å². The van der Waals surface area contributed by atoms with Crippen LogP contribution < -0.4 is 4.90 Å². The Kier molecular flexibility index (Phi) is 11.5. The zero-order chi connectivity index (χ0) is 38.2. The van der Waals surface area contributed by atoms with E-state index in [-0.39, 0.29) is 10.8 Å². The maximum atomic E-state index is 8.09. The van der Waals surface area contributed by atoms with Gasteiger partial charge in [0.1, 0.15) is 6.54 Å². The SMILES string of the molecule is CCC[N+]1=C(C=CC=CC=CC=C2N(CCOC)c3ccc4ccccc4c3C2(C)C)C(C)(C)c2c1ccc1ccccc21.N#C[B-](C#N)(C#N)C#N. The zero-order valence-electron chi connectivity index (χ0n) is 31.5. The Morgan fingerprint density at radius 1 is 0.717 bits per heavy atom. The van der Waals surface area contributed by atoms with E-state index < -0.39 is 6.15 Å². The Bertz CT molecular complexity index is 2310. The van der Waals surface area contributed by atoms with Crippen LogP contribution in [0.3, 0.4) is 0 Å². The largest absolute Gasteiger partial charge is 0.383 e. The van der Waals surface area contributed by atoms with E-state index >= 15 is 0 Å². The Labute approximate surface area is 313 Å². The van der Waals surface area contributed by atoms with Gasteiger partial charge in [0.05, 0.1) is 12.0 Å². The Morgan fingerprint density at radius 3 is 1.87 bits per heavy atom. The van der Waals surface area contributed by atoms with Crippen molar-refractivity contribution in [2.24, 2.45) is 0 Å². The molecule has 7 nitrogen and oxygen atoms in total. The molecule has 0 spiro atoms. The van der Waals surface area contributed by atoms with Crippen LogP contribution in [0.15, 0.2) is 121 Å². The predicted octanol–water partition coefficient (Wildman–Crippen LogP) is 9.46. The maximum Gasteiger partial charge on any atom is 0.383 e. The van der Waals surface area contributed by atoms with Gasteiger partial charge in [-0.1, -0.05) is 106 Å². The van der Waals surface area contributed by atoms with E-state index in [2.05, 4.69) is 159 Å². The number of nitrogens with zero attached hydrogens (tertiary/aromatic N) is 6. The molecule has 0 amide bonds. The first-order valence-electron chi connectivity index (χ1n) is 18.0. The first-order chi connectivity index (χ1) is 25.5. The van der Waals surface area contributed by atoms with Crippen molar-refractivity contribution >= 4 is 44.8 Å². The summed E-state index contributed by atoms with van der Waals surface area (Å²) in [5, 5.41) is 37.6. The van der Waals surface area contributed by atoms with E-state index in [9.17, 15) is 0 Å². The minimum absolute atomic E-state index is 0.0745. The highest BCUT2D eigenvalue weighted by molar-refractivity contribution is 7.05. The molecule has 53 heavy (non-hydrogen) atoms. The number of ether oxygens (including phenoxy) is 1. The number of fused-ring (bicyclic) bond motifs is 6. The molecule has 4 aromatic carbocycles. The lowest BCUT2D eigenvalue weighted by atomic mass is 9.30. The average Bonchev–Trinajstić information content (AvgIpc) is 3.53. The second-order valence-electron chi connectivity index (χ2n) is 14.4. The highest BCUT2D eigenvalue weighted by Crippen LogP contribution is 2.50. The van der Waals surface area contributed by atoms with Crippen molar-refractivity contribution in [3.05, 3.63) is 132 Å². The van der Waals surface area contributed by atoms with Crippen LogP contribution in [0, 0.1) is 44.9 Å². The molecule has 0 unspecified atom stereocenters. The Balaban J connectivity index is 0.000000534. The standard InChI is InChI=1S/C41H45N2O.C4BN4/c1-7-27-42-34-25-23-30-17-13-15-19-32(30)38(34)40(2,3)36(42)21-11-9-8-10-12-22-37-41(4,5)39-33-20-16-14-18-31(33)24-26-35(39)43(37)28-29-44-6;6-1-5(2-7,3-8)4-9/h8-26H,7,27-29H2,1-6H3;/q+1;-1. The molecule has 264 valence electrons. The number of rotatable bonds is 9. The summed E-state index contributed by atoms with van der Waals surface area (Å²) in [5.74, 6) is 5.38. The van der Waals surface area contributed by atoms with Crippen molar-refractivity contribution in [2.75, 3.05) is 31.7 Å². The van der Waals surface area contributed by atoms with E-state index in [1.807, 2.05) is 0 Å². The van der Waals surface area contributed by atoms with Gasteiger partial charge < -0.3 is 9.64 Å². The molecule has 0 aliphatic carbocycles. The molecule has 0 bridgehead atoms. The number of hydrogen-bond donors (Lipinski definition) is 0. The highest BCUT2D eigenvalue weighted by Gasteiger charge is 2.45. The summed E-state index contributed by atoms with van der Waals surface area (Å²) in [4.78, 5) is 2.43. The molecule has 0 saturated carbocycles. The van der Waals surface area contributed by atoms with Crippen molar-refractivity contribution in [1.82, 2.24) is 0 Å². The van der Waals surface area contributed by atoms with Gasteiger partial charge in [-0.15, -0.1) is 23.9 Å². The van der Waals surface area contributed by atoms with Crippen molar-refractivity contribution in [2.45, 2.75) is 51.9 Å². The molecule has 4 aromatic rings. The summed E-state index contributed by atoms with van der Waals surface area (Å²) in [5.41, 5.74) is 7.91. The second kappa shape index (κ2) is 16.0. The molecule has 2 heterocycles. The smallest absolute Gasteiger partial charge is 0.383 e. The summed E-state index contributed by atoms with van der Waals surface area (Å²) in [7, 11) is 1.78.